The van der Waals surface area contributed by atoms with E-state index < -0.39 is 0 Å². The number of methoxy groups -OCH3 is 2. The van der Waals surface area contributed by atoms with E-state index in [1.54, 1.807) is 37.4 Å². The Labute approximate surface area is 180 Å². The number of aromatic hydroxyl groups is 1. The summed E-state index contributed by atoms with van der Waals surface area (Å²) in [4.78, 5) is 14.7. The SMILES string of the molecule is COc1ccc(OC)c(C(=O)c2coc3ccc(O)c(C[NH+]4CCOCC4)c23)c1.[Cl-]. The lowest BCUT2D eigenvalue weighted by atomic mass is 9.97. The van der Waals surface area contributed by atoms with Gasteiger partial charge in [-0.3, -0.25) is 4.79 Å². The number of nitrogens with one attached hydrogen (secondary N) is 1. The Bertz CT molecular complexity index is 1040. The van der Waals surface area contributed by atoms with Gasteiger partial charge in [0.25, 0.3) is 0 Å². The molecule has 0 radical (unpaired) electrons. The number of carbonyl (C=O) groups excluding carboxylic acids is 1. The van der Waals surface area contributed by atoms with Gasteiger partial charge >= 0.3 is 0 Å². The van der Waals surface area contributed by atoms with Gasteiger partial charge in [-0.2, -0.15) is 0 Å². The molecule has 1 saturated heterocycles. The van der Waals surface area contributed by atoms with Crippen LogP contribution in [0.5, 0.6) is 17.2 Å². The largest absolute Gasteiger partial charge is 1.00 e. The second-order valence-corrected chi connectivity index (χ2v) is 7.02. The summed E-state index contributed by atoms with van der Waals surface area (Å²) in [6, 6.07) is 8.38. The van der Waals surface area contributed by atoms with Crippen LogP contribution in [0.25, 0.3) is 11.0 Å². The number of ether oxygens (including phenoxy) is 3. The smallest absolute Gasteiger partial charge is 0.200 e. The van der Waals surface area contributed by atoms with Crippen molar-refractivity contribution in [2.24, 2.45) is 0 Å². The summed E-state index contributed by atoms with van der Waals surface area (Å²) in [6.45, 7) is 3.65. The molecule has 1 aromatic heterocycles. The molecule has 0 spiro atoms. The van der Waals surface area contributed by atoms with Crippen molar-refractivity contribution in [3.63, 3.8) is 0 Å². The molecule has 8 heteroatoms. The minimum Gasteiger partial charge on any atom is -1.00 e. The van der Waals surface area contributed by atoms with Crippen molar-refractivity contribution in [3.8, 4) is 17.2 Å². The molecule has 0 aliphatic carbocycles. The maximum atomic E-state index is 13.4. The molecule has 0 saturated carbocycles. The molecule has 2 N–H and O–H groups in total. The van der Waals surface area contributed by atoms with Gasteiger partial charge in [-0.15, -0.1) is 0 Å². The van der Waals surface area contributed by atoms with E-state index in [2.05, 4.69) is 0 Å². The minimum atomic E-state index is -0.247. The van der Waals surface area contributed by atoms with Crippen LogP contribution in [0.4, 0.5) is 0 Å². The van der Waals surface area contributed by atoms with Crippen LogP contribution in [0.2, 0.25) is 0 Å². The number of hydrogen-bond acceptors (Lipinski definition) is 6. The number of hydrogen-bond donors (Lipinski definition) is 2. The highest BCUT2D eigenvalue weighted by molar-refractivity contribution is 6.18. The Morgan fingerprint density at radius 2 is 1.87 bits per heavy atom. The molecule has 4 rings (SSSR count). The normalized spacial score (nSPS) is 14.3. The Kier molecular flexibility index (Phi) is 6.87. The Morgan fingerprint density at radius 3 is 2.57 bits per heavy atom. The van der Waals surface area contributed by atoms with Gasteiger partial charge in [0.15, 0.2) is 0 Å². The summed E-state index contributed by atoms with van der Waals surface area (Å²) in [5, 5.41) is 11.2. The van der Waals surface area contributed by atoms with Gasteiger partial charge in [0.2, 0.25) is 5.78 Å². The van der Waals surface area contributed by atoms with Crippen LogP contribution in [-0.2, 0) is 11.3 Å². The second-order valence-electron chi connectivity index (χ2n) is 7.02. The molecule has 160 valence electrons. The van der Waals surface area contributed by atoms with E-state index in [4.69, 9.17) is 18.6 Å². The molecule has 7 nitrogen and oxygen atoms in total. The first-order chi connectivity index (χ1) is 14.1. The van der Waals surface area contributed by atoms with E-state index in [0.29, 0.717) is 58.9 Å². The highest BCUT2D eigenvalue weighted by atomic mass is 35.5. The number of benzene rings is 2. The van der Waals surface area contributed by atoms with Crippen LogP contribution in [0.1, 0.15) is 21.5 Å². The number of phenols is 1. The van der Waals surface area contributed by atoms with E-state index in [0.717, 1.165) is 13.1 Å². The van der Waals surface area contributed by atoms with Crippen LogP contribution in [0, 0.1) is 0 Å². The average Bonchev–Trinajstić information content (AvgIpc) is 3.20. The van der Waals surface area contributed by atoms with E-state index in [9.17, 15) is 9.90 Å². The molecular formula is C22H24ClNO6. The van der Waals surface area contributed by atoms with Crippen LogP contribution >= 0.6 is 0 Å². The number of furan rings is 1. The summed E-state index contributed by atoms with van der Waals surface area (Å²) in [5.74, 6) is 0.918. The number of fused-ring (bicyclic) bond motifs is 1. The van der Waals surface area contributed by atoms with E-state index >= 15 is 0 Å². The predicted molar refractivity (Wildman–Crippen MR) is 106 cm³/mol. The molecule has 30 heavy (non-hydrogen) atoms. The third kappa shape index (κ3) is 4.09. The highest BCUT2D eigenvalue weighted by Crippen LogP contribution is 2.34. The summed E-state index contributed by atoms with van der Waals surface area (Å²) in [5.41, 5.74) is 2.04. The van der Waals surface area contributed by atoms with Gasteiger partial charge in [0, 0.05) is 5.39 Å². The van der Waals surface area contributed by atoms with Crippen molar-refractivity contribution in [1.82, 2.24) is 0 Å². The van der Waals surface area contributed by atoms with Crippen LogP contribution in [0.15, 0.2) is 41.0 Å². The summed E-state index contributed by atoms with van der Waals surface area (Å²) < 4.78 is 21.7. The number of rotatable bonds is 6. The van der Waals surface area contributed by atoms with Gasteiger partial charge in [0.05, 0.1) is 44.1 Å². The highest BCUT2D eigenvalue weighted by Gasteiger charge is 2.26. The zero-order chi connectivity index (χ0) is 20.4. The molecule has 2 heterocycles. The predicted octanol–water partition coefficient (Wildman–Crippen LogP) is -1.19. The Balaban J connectivity index is 0.00000256. The van der Waals surface area contributed by atoms with Crippen molar-refractivity contribution in [1.29, 1.82) is 0 Å². The summed E-state index contributed by atoms with van der Waals surface area (Å²) in [7, 11) is 3.07. The first-order valence-corrected chi connectivity index (χ1v) is 9.52. The first kappa shape index (κ1) is 22.0. The van der Waals surface area contributed by atoms with E-state index in [1.165, 1.54) is 18.3 Å². The fourth-order valence-electron chi connectivity index (χ4n) is 3.76. The van der Waals surface area contributed by atoms with Crippen molar-refractivity contribution in [2.75, 3.05) is 40.5 Å². The van der Waals surface area contributed by atoms with Crippen molar-refractivity contribution in [3.05, 3.63) is 53.3 Å². The molecule has 0 amide bonds. The third-order valence-electron chi connectivity index (χ3n) is 5.35. The lowest BCUT2D eigenvalue weighted by Gasteiger charge is -2.24. The number of quaternary nitrogens is 1. The number of morpholine rings is 1. The zero-order valence-corrected chi connectivity index (χ0v) is 17.6. The van der Waals surface area contributed by atoms with Gasteiger partial charge in [-0.05, 0) is 30.3 Å². The van der Waals surface area contributed by atoms with Gasteiger partial charge in [-0.25, -0.2) is 0 Å². The van der Waals surface area contributed by atoms with Crippen molar-refractivity contribution in [2.45, 2.75) is 6.54 Å². The number of halogens is 1. The van der Waals surface area contributed by atoms with Crippen molar-refractivity contribution < 1.29 is 45.8 Å². The fraction of sp³-hybridized carbons (Fsp3) is 0.318. The van der Waals surface area contributed by atoms with Crippen LogP contribution < -0.4 is 26.8 Å². The van der Waals surface area contributed by atoms with E-state index in [-0.39, 0.29) is 23.9 Å². The molecule has 0 atom stereocenters. The average molecular weight is 434 g/mol. The quantitative estimate of drug-likeness (QED) is 0.476. The van der Waals surface area contributed by atoms with Gasteiger partial charge < -0.3 is 41.0 Å². The monoisotopic (exact) mass is 433 g/mol. The maximum Gasteiger partial charge on any atom is 0.200 e. The summed E-state index contributed by atoms with van der Waals surface area (Å²) in [6.07, 6.45) is 1.45. The summed E-state index contributed by atoms with van der Waals surface area (Å²) >= 11 is 0. The number of phenolic OH excluding ortho intramolecular Hbond substituents is 1. The number of carbonyl (C=O) groups is 1. The molecule has 1 aliphatic heterocycles. The van der Waals surface area contributed by atoms with Crippen molar-refractivity contribution >= 4 is 16.8 Å². The molecule has 1 aliphatic rings. The second kappa shape index (κ2) is 9.38. The molecule has 2 aromatic carbocycles. The van der Waals surface area contributed by atoms with Crippen LogP contribution in [0.3, 0.4) is 0 Å². The van der Waals surface area contributed by atoms with Gasteiger partial charge in [-0.1, -0.05) is 0 Å². The molecule has 3 aromatic rings. The van der Waals surface area contributed by atoms with Crippen LogP contribution in [-0.4, -0.2) is 51.4 Å². The standard InChI is InChI=1S/C22H23NO6.ClH/c1-26-14-3-5-19(27-2)15(11-14)22(25)17-13-29-20-6-4-18(24)16(21(17)20)12-23-7-9-28-10-8-23;/h3-6,11,13,24H,7-10,12H2,1-2H3;1H. The first-order valence-electron chi connectivity index (χ1n) is 9.52. The van der Waals surface area contributed by atoms with Gasteiger partial charge in [0.1, 0.15) is 48.7 Å². The minimum absolute atomic E-state index is 0. The topological polar surface area (TPSA) is 82.6 Å². The zero-order valence-electron chi connectivity index (χ0n) is 16.9. The Hall–Kier alpha value is -2.74. The fourth-order valence-corrected chi connectivity index (χ4v) is 3.76. The van der Waals surface area contributed by atoms with E-state index in [1.807, 2.05) is 0 Å². The number of ketones is 1. The lowest BCUT2D eigenvalue weighted by Crippen LogP contribution is -3.12. The third-order valence-corrected chi connectivity index (χ3v) is 5.35. The molecular weight excluding hydrogens is 410 g/mol. The Morgan fingerprint density at radius 1 is 1.10 bits per heavy atom. The molecule has 0 unspecified atom stereocenters. The maximum absolute atomic E-state index is 13.4. The molecule has 1 fully saturated rings. The lowest BCUT2D eigenvalue weighted by molar-refractivity contribution is -0.921. The molecule has 0 bridgehead atoms.